The van der Waals surface area contributed by atoms with Crippen molar-refractivity contribution in [1.82, 2.24) is 10.2 Å². The van der Waals surface area contributed by atoms with Gasteiger partial charge < -0.3 is 5.32 Å². The average Bonchev–Trinajstić information content (AvgIpc) is 2.87. The molecule has 3 rings (SSSR count). The van der Waals surface area contributed by atoms with Gasteiger partial charge in [-0.1, -0.05) is 18.9 Å². The molecule has 19 heavy (non-hydrogen) atoms. The Hall–Kier alpha value is -0.870. The average molecular weight is 278 g/mol. The number of carbonyl (C=O) groups is 1. The molecular weight excluding hydrogens is 256 g/mol. The van der Waals surface area contributed by atoms with Gasteiger partial charge in [0.15, 0.2) is 0 Å². The van der Waals surface area contributed by atoms with Crippen LogP contribution in [0, 0.1) is 0 Å². The summed E-state index contributed by atoms with van der Waals surface area (Å²) in [7, 11) is 0. The molecule has 3 nitrogen and oxygen atoms in total. The molecule has 2 aliphatic rings. The van der Waals surface area contributed by atoms with E-state index in [9.17, 15) is 4.79 Å². The number of hydrogen-bond acceptors (Lipinski definition) is 3. The van der Waals surface area contributed by atoms with Gasteiger partial charge in [0.2, 0.25) is 5.91 Å². The van der Waals surface area contributed by atoms with Crippen molar-refractivity contribution in [3.05, 3.63) is 22.4 Å². The van der Waals surface area contributed by atoms with Crippen LogP contribution in [0.25, 0.3) is 0 Å². The molecule has 1 aromatic heterocycles. The van der Waals surface area contributed by atoms with Crippen molar-refractivity contribution in [3.63, 3.8) is 0 Å². The monoisotopic (exact) mass is 278 g/mol. The smallest absolute Gasteiger partial charge is 0.234 e. The maximum absolute atomic E-state index is 12.1. The number of rotatable bonds is 6. The van der Waals surface area contributed by atoms with E-state index in [-0.39, 0.29) is 5.91 Å². The van der Waals surface area contributed by atoms with Crippen molar-refractivity contribution in [2.24, 2.45) is 0 Å². The van der Waals surface area contributed by atoms with Crippen LogP contribution in [0.5, 0.6) is 0 Å². The summed E-state index contributed by atoms with van der Waals surface area (Å²) < 4.78 is 0. The van der Waals surface area contributed by atoms with Crippen LogP contribution in [0.2, 0.25) is 0 Å². The zero-order chi connectivity index (χ0) is 13.1. The van der Waals surface area contributed by atoms with Gasteiger partial charge in [-0.05, 0) is 37.1 Å². The van der Waals surface area contributed by atoms with Crippen molar-refractivity contribution in [1.29, 1.82) is 0 Å². The summed E-state index contributed by atoms with van der Waals surface area (Å²) in [5, 5.41) is 5.30. The summed E-state index contributed by atoms with van der Waals surface area (Å²) in [5.74, 6) is 0.218. The molecule has 0 saturated heterocycles. The third-order valence-corrected chi connectivity index (χ3v) is 4.93. The first-order valence-corrected chi connectivity index (χ1v) is 8.25. The summed E-state index contributed by atoms with van der Waals surface area (Å²) in [6.45, 7) is 1.50. The summed E-state index contributed by atoms with van der Waals surface area (Å²) >= 11 is 1.78. The maximum Gasteiger partial charge on any atom is 0.234 e. The molecule has 0 unspecified atom stereocenters. The minimum Gasteiger partial charge on any atom is -0.352 e. The standard InChI is InChI=1S/C15H22N2OS/c18-15(16-12-4-1-2-5-12)11-17(13-7-8-13)10-14-6-3-9-19-14/h3,6,9,12-13H,1-2,4-5,7-8,10-11H2,(H,16,18). The molecule has 1 aromatic rings. The number of carbonyl (C=O) groups excluding carboxylic acids is 1. The predicted octanol–water partition coefficient (Wildman–Crippen LogP) is 2.77. The van der Waals surface area contributed by atoms with Gasteiger partial charge in [-0.2, -0.15) is 0 Å². The Morgan fingerprint density at radius 3 is 2.74 bits per heavy atom. The van der Waals surface area contributed by atoms with Gasteiger partial charge in [0.25, 0.3) is 0 Å². The van der Waals surface area contributed by atoms with Crippen molar-refractivity contribution in [2.75, 3.05) is 6.54 Å². The first-order chi connectivity index (χ1) is 9.31. The lowest BCUT2D eigenvalue weighted by molar-refractivity contribution is -0.123. The second kappa shape index (κ2) is 6.06. The third kappa shape index (κ3) is 3.80. The van der Waals surface area contributed by atoms with Crippen LogP contribution in [-0.2, 0) is 11.3 Å². The highest BCUT2D eigenvalue weighted by atomic mass is 32.1. The van der Waals surface area contributed by atoms with Crippen LogP contribution in [0.3, 0.4) is 0 Å². The fourth-order valence-corrected chi connectivity index (χ4v) is 3.61. The molecule has 1 N–H and O–H groups in total. The van der Waals surface area contributed by atoms with Crippen LogP contribution in [-0.4, -0.2) is 29.4 Å². The van der Waals surface area contributed by atoms with Gasteiger partial charge in [0.05, 0.1) is 6.54 Å². The van der Waals surface area contributed by atoms with Crippen molar-refractivity contribution < 1.29 is 4.79 Å². The molecule has 104 valence electrons. The minimum absolute atomic E-state index is 0.218. The summed E-state index contributed by atoms with van der Waals surface area (Å²) in [6, 6.07) is 5.32. The van der Waals surface area contributed by atoms with Crippen LogP contribution in [0.15, 0.2) is 17.5 Å². The highest BCUT2D eigenvalue weighted by molar-refractivity contribution is 7.09. The van der Waals surface area contributed by atoms with E-state index in [2.05, 4.69) is 27.7 Å². The molecule has 0 bridgehead atoms. The van der Waals surface area contributed by atoms with E-state index in [4.69, 9.17) is 0 Å². The first kappa shape index (κ1) is 13.1. The van der Waals surface area contributed by atoms with Gasteiger partial charge in [-0.15, -0.1) is 11.3 Å². The van der Waals surface area contributed by atoms with Crippen molar-refractivity contribution in [3.8, 4) is 0 Å². The lowest BCUT2D eigenvalue weighted by atomic mass is 10.2. The van der Waals surface area contributed by atoms with E-state index in [1.54, 1.807) is 11.3 Å². The number of nitrogens with one attached hydrogen (secondary N) is 1. The Morgan fingerprint density at radius 2 is 2.11 bits per heavy atom. The van der Waals surface area contributed by atoms with E-state index in [1.807, 2.05) is 0 Å². The molecular formula is C15H22N2OS. The molecule has 2 fully saturated rings. The lowest BCUT2D eigenvalue weighted by Gasteiger charge is -2.22. The molecule has 0 aliphatic heterocycles. The zero-order valence-electron chi connectivity index (χ0n) is 11.3. The van der Waals surface area contributed by atoms with E-state index in [1.165, 1.54) is 43.4 Å². The van der Waals surface area contributed by atoms with Gasteiger partial charge in [-0.3, -0.25) is 9.69 Å². The molecule has 0 radical (unpaired) electrons. The maximum atomic E-state index is 12.1. The molecule has 1 heterocycles. The largest absolute Gasteiger partial charge is 0.352 e. The topological polar surface area (TPSA) is 32.3 Å². The van der Waals surface area contributed by atoms with Crippen LogP contribution in [0.1, 0.15) is 43.4 Å². The van der Waals surface area contributed by atoms with Crippen LogP contribution >= 0.6 is 11.3 Å². The number of thiophene rings is 1. The van der Waals surface area contributed by atoms with Crippen LogP contribution in [0.4, 0.5) is 0 Å². The van der Waals surface area contributed by atoms with Gasteiger partial charge in [0, 0.05) is 23.5 Å². The SMILES string of the molecule is O=C(CN(Cc1cccs1)C1CC1)NC1CCCC1. The summed E-state index contributed by atoms with van der Waals surface area (Å²) in [4.78, 5) is 15.8. The Labute approximate surface area is 119 Å². The van der Waals surface area contributed by atoms with Crippen molar-refractivity contribution in [2.45, 2.75) is 57.2 Å². The zero-order valence-corrected chi connectivity index (χ0v) is 12.1. The van der Waals surface area contributed by atoms with Crippen LogP contribution < -0.4 is 5.32 Å². The van der Waals surface area contributed by atoms with Gasteiger partial charge >= 0.3 is 0 Å². The van der Waals surface area contributed by atoms with E-state index in [0.29, 0.717) is 18.6 Å². The Balaban J connectivity index is 1.51. The van der Waals surface area contributed by atoms with Gasteiger partial charge in [-0.25, -0.2) is 0 Å². The first-order valence-electron chi connectivity index (χ1n) is 7.37. The fourth-order valence-electron chi connectivity index (χ4n) is 2.88. The Bertz CT molecular complexity index is 408. The fraction of sp³-hybridized carbons (Fsp3) is 0.667. The minimum atomic E-state index is 0.218. The highest BCUT2D eigenvalue weighted by Gasteiger charge is 2.31. The lowest BCUT2D eigenvalue weighted by Crippen LogP contribution is -2.41. The molecule has 0 aromatic carbocycles. The number of amides is 1. The normalized spacial score (nSPS) is 20.1. The number of nitrogens with zero attached hydrogens (tertiary/aromatic N) is 1. The summed E-state index contributed by atoms with van der Waals surface area (Å²) in [6.07, 6.45) is 7.38. The molecule has 4 heteroatoms. The second-order valence-electron chi connectivity index (χ2n) is 5.76. The molecule has 0 spiro atoms. The van der Waals surface area contributed by atoms with E-state index < -0.39 is 0 Å². The summed E-state index contributed by atoms with van der Waals surface area (Å²) in [5.41, 5.74) is 0. The molecule has 1 amide bonds. The molecule has 2 saturated carbocycles. The van der Waals surface area contributed by atoms with E-state index in [0.717, 1.165) is 6.54 Å². The van der Waals surface area contributed by atoms with Crippen molar-refractivity contribution >= 4 is 17.2 Å². The molecule has 2 aliphatic carbocycles. The third-order valence-electron chi connectivity index (χ3n) is 4.07. The second-order valence-corrected chi connectivity index (χ2v) is 6.80. The number of hydrogen-bond donors (Lipinski definition) is 1. The predicted molar refractivity (Wildman–Crippen MR) is 78.1 cm³/mol. The highest BCUT2D eigenvalue weighted by Crippen LogP contribution is 2.29. The molecule has 0 atom stereocenters. The van der Waals surface area contributed by atoms with Gasteiger partial charge in [0.1, 0.15) is 0 Å². The quantitative estimate of drug-likeness (QED) is 0.868. The Morgan fingerprint density at radius 1 is 1.32 bits per heavy atom. The van der Waals surface area contributed by atoms with E-state index >= 15 is 0 Å². The Kier molecular flexibility index (Phi) is 4.18.